The fraction of sp³-hybridized carbons (Fsp3) is 0.828. The number of carbonyl (C=O) groups excluding carboxylic acids is 2. The molecule has 2 heterocycles. The van der Waals surface area contributed by atoms with E-state index >= 15 is 0 Å². The van der Waals surface area contributed by atoms with Gasteiger partial charge < -0.3 is 48.9 Å². The Balaban J connectivity index is 1.31. The number of amides is 2. The lowest BCUT2D eigenvalue weighted by atomic mass is 10.1. The Kier molecular flexibility index (Phi) is 22.2. The van der Waals surface area contributed by atoms with Gasteiger partial charge in [0.25, 0.3) is 0 Å². The van der Waals surface area contributed by atoms with Crippen LogP contribution < -0.4 is 10.6 Å². The zero-order valence-electron chi connectivity index (χ0n) is 27.0. The molecule has 0 aliphatic carbocycles. The van der Waals surface area contributed by atoms with Crippen molar-refractivity contribution in [1.82, 2.24) is 25.6 Å². The molecule has 0 bridgehead atoms. The van der Waals surface area contributed by atoms with Crippen molar-refractivity contribution in [3.05, 3.63) is 11.9 Å². The Morgan fingerprint density at radius 1 is 0.891 bits per heavy atom. The third kappa shape index (κ3) is 20.0. The van der Waals surface area contributed by atoms with E-state index in [1.807, 2.05) is 0 Å². The molecule has 0 spiro atoms. The van der Waals surface area contributed by atoms with Gasteiger partial charge in [0.1, 0.15) is 11.7 Å². The zero-order chi connectivity index (χ0) is 33.2. The van der Waals surface area contributed by atoms with Gasteiger partial charge in [-0.2, -0.15) is 0 Å². The molecule has 2 unspecified atom stereocenters. The van der Waals surface area contributed by atoms with Gasteiger partial charge in [-0.3, -0.25) is 9.59 Å². The standard InChI is InChI=1S/C29H51N5O11S/c1-23(2)3-5-39-7-9-41-11-13-43-15-17-45-18-16-44-14-12-42-10-8-40-6-4-34-21-24(32-33-34)20-30-27(35)19-26-28(36)31-25(22-46-26)29(37)38/h21,23,25-26H,3-20,22H2,1-2H3,(H,30,35)(H,31,36)(H,37,38). The van der Waals surface area contributed by atoms with Crippen LogP contribution in [0.3, 0.4) is 0 Å². The van der Waals surface area contributed by atoms with Crippen LogP contribution in [0.4, 0.5) is 0 Å². The summed E-state index contributed by atoms with van der Waals surface area (Å²) in [4.78, 5) is 35.2. The number of nitrogens with one attached hydrogen (secondary N) is 2. The van der Waals surface area contributed by atoms with Gasteiger partial charge in [-0.05, 0) is 12.3 Å². The number of thioether (sulfide) groups is 1. The molecular formula is C29H51N5O11S. The predicted octanol–water partition coefficient (Wildman–Crippen LogP) is 0.132. The molecule has 0 saturated carbocycles. The molecule has 1 fully saturated rings. The normalized spacial score (nSPS) is 16.5. The molecule has 1 saturated heterocycles. The van der Waals surface area contributed by atoms with Gasteiger partial charge in [-0.1, -0.05) is 19.1 Å². The van der Waals surface area contributed by atoms with Gasteiger partial charge in [-0.25, -0.2) is 9.48 Å². The third-order valence-electron chi connectivity index (χ3n) is 6.33. The lowest BCUT2D eigenvalue weighted by Gasteiger charge is -2.25. The molecular weight excluding hydrogens is 626 g/mol. The number of carboxylic acid groups (broad SMARTS) is 1. The Bertz CT molecular complexity index is 972. The van der Waals surface area contributed by atoms with Crippen molar-refractivity contribution in [3.8, 4) is 0 Å². The number of nitrogens with zero attached hydrogens (tertiary/aromatic N) is 3. The van der Waals surface area contributed by atoms with Crippen molar-refractivity contribution in [1.29, 1.82) is 0 Å². The van der Waals surface area contributed by atoms with Crippen LogP contribution in [0.15, 0.2) is 6.20 Å². The molecule has 1 aliphatic heterocycles. The van der Waals surface area contributed by atoms with Crippen LogP contribution in [0.2, 0.25) is 0 Å². The average molecular weight is 678 g/mol. The first-order valence-electron chi connectivity index (χ1n) is 15.7. The minimum atomic E-state index is -1.09. The summed E-state index contributed by atoms with van der Waals surface area (Å²) < 4.78 is 40.0. The SMILES string of the molecule is CC(C)CCOCCOCCOCCOCCOCCOCCOCCn1cc(CNC(=O)CC2SCC(C(=O)O)NC2=O)nn1. The molecule has 2 atom stereocenters. The second-order valence-electron chi connectivity index (χ2n) is 10.6. The second-order valence-corrected chi connectivity index (χ2v) is 11.9. The highest BCUT2D eigenvalue weighted by Gasteiger charge is 2.33. The number of carboxylic acids is 1. The van der Waals surface area contributed by atoms with E-state index < -0.39 is 23.2 Å². The lowest BCUT2D eigenvalue weighted by molar-refractivity contribution is -0.141. The summed E-state index contributed by atoms with van der Waals surface area (Å²) >= 11 is 1.16. The maximum atomic E-state index is 12.2. The maximum absolute atomic E-state index is 12.2. The largest absolute Gasteiger partial charge is 0.480 e. The van der Waals surface area contributed by atoms with Crippen LogP contribution in [0.5, 0.6) is 0 Å². The van der Waals surface area contributed by atoms with Gasteiger partial charge in [0.15, 0.2) is 0 Å². The number of hydrogen-bond acceptors (Lipinski definition) is 13. The topological polar surface area (TPSA) is 191 Å². The molecule has 3 N–H and O–H groups in total. The third-order valence-corrected chi connectivity index (χ3v) is 7.64. The highest BCUT2D eigenvalue weighted by Crippen LogP contribution is 2.21. The van der Waals surface area contributed by atoms with E-state index in [4.69, 9.17) is 38.3 Å². The van der Waals surface area contributed by atoms with E-state index in [1.54, 1.807) is 10.9 Å². The Labute approximate surface area is 274 Å². The van der Waals surface area contributed by atoms with Crippen LogP contribution in [0.25, 0.3) is 0 Å². The van der Waals surface area contributed by atoms with E-state index in [0.29, 0.717) is 104 Å². The number of ether oxygens (including phenoxy) is 7. The minimum absolute atomic E-state index is 0.0450. The molecule has 2 amide bonds. The van der Waals surface area contributed by atoms with E-state index in [9.17, 15) is 14.4 Å². The van der Waals surface area contributed by atoms with E-state index in [-0.39, 0.29) is 24.6 Å². The van der Waals surface area contributed by atoms with Crippen molar-refractivity contribution in [2.24, 2.45) is 5.92 Å². The molecule has 1 aromatic heterocycles. The van der Waals surface area contributed by atoms with Gasteiger partial charge >= 0.3 is 5.97 Å². The predicted molar refractivity (Wildman–Crippen MR) is 167 cm³/mol. The van der Waals surface area contributed by atoms with Gasteiger partial charge in [-0.15, -0.1) is 16.9 Å². The van der Waals surface area contributed by atoms with E-state index in [1.165, 1.54) is 0 Å². The number of hydrogen-bond donors (Lipinski definition) is 3. The molecule has 1 aromatic rings. The van der Waals surface area contributed by atoms with Crippen molar-refractivity contribution in [2.45, 2.75) is 51.1 Å². The number of aromatic nitrogens is 3. The average Bonchev–Trinajstić information content (AvgIpc) is 3.48. The summed E-state index contributed by atoms with van der Waals surface area (Å²) in [7, 11) is 0. The van der Waals surface area contributed by atoms with E-state index in [2.05, 4.69) is 34.8 Å². The van der Waals surface area contributed by atoms with Crippen LogP contribution in [-0.4, -0.2) is 147 Å². The summed E-state index contributed by atoms with van der Waals surface area (Å²) in [5, 5.41) is 21.5. The van der Waals surface area contributed by atoms with Crippen molar-refractivity contribution < 1.29 is 52.6 Å². The highest BCUT2D eigenvalue weighted by atomic mass is 32.2. The van der Waals surface area contributed by atoms with E-state index in [0.717, 1.165) is 24.8 Å². The van der Waals surface area contributed by atoms with Gasteiger partial charge in [0.2, 0.25) is 11.8 Å². The molecule has 1 aliphatic rings. The first-order chi connectivity index (χ1) is 22.3. The van der Waals surface area contributed by atoms with Crippen LogP contribution in [0.1, 0.15) is 32.4 Å². The summed E-state index contributed by atoms with van der Waals surface area (Å²) in [6, 6.07) is -0.927. The Morgan fingerprint density at radius 2 is 1.39 bits per heavy atom. The fourth-order valence-corrected chi connectivity index (χ4v) is 4.88. The summed E-state index contributed by atoms with van der Waals surface area (Å²) in [5.41, 5.74) is 0.567. The van der Waals surface area contributed by atoms with Gasteiger partial charge in [0.05, 0.1) is 110 Å². The van der Waals surface area contributed by atoms with Crippen LogP contribution >= 0.6 is 11.8 Å². The van der Waals surface area contributed by atoms with Crippen LogP contribution in [0, 0.1) is 5.92 Å². The molecule has 2 rings (SSSR count). The Hall–Kier alpha value is -2.38. The second kappa shape index (κ2) is 25.7. The maximum Gasteiger partial charge on any atom is 0.327 e. The minimum Gasteiger partial charge on any atom is -0.480 e. The monoisotopic (exact) mass is 677 g/mol. The number of carbonyl (C=O) groups is 3. The smallest absolute Gasteiger partial charge is 0.327 e. The van der Waals surface area contributed by atoms with Crippen molar-refractivity contribution >= 4 is 29.5 Å². The molecule has 46 heavy (non-hydrogen) atoms. The molecule has 0 aromatic carbocycles. The molecule has 16 nitrogen and oxygen atoms in total. The quantitative estimate of drug-likeness (QED) is 0.0970. The lowest BCUT2D eigenvalue weighted by Crippen LogP contribution is -2.51. The van der Waals surface area contributed by atoms with Crippen LogP contribution in [-0.2, 0) is 60.6 Å². The fourth-order valence-electron chi connectivity index (χ4n) is 3.74. The number of aliphatic carboxylic acids is 1. The number of rotatable bonds is 29. The highest BCUT2D eigenvalue weighted by molar-refractivity contribution is 8.00. The van der Waals surface area contributed by atoms with Crippen molar-refractivity contribution in [3.63, 3.8) is 0 Å². The first-order valence-corrected chi connectivity index (χ1v) is 16.7. The summed E-state index contributed by atoms with van der Waals surface area (Å²) in [6.07, 6.45) is 2.73. The Morgan fingerprint density at radius 3 is 1.87 bits per heavy atom. The molecule has 17 heteroatoms. The zero-order valence-corrected chi connectivity index (χ0v) is 27.8. The van der Waals surface area contributed by atoms with Gasteiger partial charge in [0, 0.05) is 18.8 Å². The summed E-state index contributed by atoms with van der Waals surface area (Å²) in [6.45, 7) is 12.2. The summed E-state index contributed by atoms with van der Waals surface area (Å²) in [5.74, 6) is -0.991. The molecule has 0 radical (unpaired) electrons. The first kappa shape index (κ1) is 39.8. The van der Waals surface area contributed by atoms with Crippen molar-refractivity contribution in [2.75, 3.05) is 98.2 Å². The molecule has 264 valence electrons.